The molecular formula is C14H15IN2O2. The summed E-state index contributed by atoms with van der Waals surface area (Å²) in [6, 6.07) is 11.4. The van der Waals surface area contributed by atoms with Gasteiger partial charge in [0.05, 0.1) is 12.3 Å². The summed E-state index contributed by atoms with van der Waals surface area (Å²) in [7, 11) is 1.65. The Morgan fingerprint density at radius 1 is 1.32 bits per heavy atom. The summed E-state index contributed by atoms with van der Waals surface area (Å²) in [5.41, 5.74) is 1.46. The highest BCUT2D eigenvalue weighted by molar-refractivity contribution is 14.1. The summed E-state index contributed by atoms with van der Waals surface area (Å²) in [5, 5.41) is 2.92. The monoisotopic (exact) mass is 370 g/mol. The lowest BCUT2D eigenvalue weighted by Crippen LogP contribution is -2.18. The quantitative estimate of drug-likeness (QED) is 0.823. The van der Waals surface area contributed by atoms with Gasteiger partial charge in [-0.3, -0.25) is 4.79 Å². The average molecular weight is 370 g/mol. The van der Waals surface area contributed by atoms with Crippen molar-refractivity contribution in [2.75, 3.05) is 19.0 Å². The summed E-state index contributed by atoms with van der Waals surface area (Å²) in [6.07, 6.45) is 1.88. The standard InChI is InChI=1S/C14H15IN2O2/c1-19-10-9-17-8-4-7-13(17)14(18)16-12-6-3-2-5-11(12)15/h2-8H,9-10H2,1H3,(H,16,18). The van der Waals surface area contributed by atoms with E-state index in [0.717, 1.165) is 9.26 Å². The number of aromatic nitrogens is 1. The molecule has 0 radical (unpaired) electrons. The second kappa shape index (κ2) is 6.72. The van der Waals surface area contributed by atoms with Gasteiger partial charge in [-0.15, -0.1) is 0 Å². The number of nitrogens with one attached hydrogen (secondary N) is 1. The number of halogens is 1. The Balaban J connectivity index is 2.12. The van der Waals surface area contributed by atoms with Crippen LogP contribution in [0.25, 0.3) is 0 Å². The number of amides is 1. The number of nitrogens with zero attached hydrogens (tertiary/aromatic N) is 1. The van der Waals surface area contributed by atoms with Gasteiger partial charge in [-0.2, -0.15) is 0 Å². The normalized spacial score (nSPS) is 10.4. The van der Waals surface area contributed by atoms with Crippen LogP contribution in [-0.4, -0.2) is 24.2 Å². The summed E-state index contributed by atoms with van der Waals surface area (Å²) in [5.74, 6) is -0.106. The van der Waals surface area contributed by atoms with Gasteiger partial charge in [0.25, 0.3) is 5.91 Å². The average Bonchev–Trinajstić information content (AvgIpc) is 2.87. The van der Waals surface area contributed by atoms with E-state index in [1.807, 2.05) is 41.1 Å². The Morgan fingerprint density at radius 3 is 2.84 bits per heavy atom. The van der Waals surface area contributed by atoms with Crippen LogP contribution in [0.4, 0.5) is 5.69 Å². The third-order valence-corrected chi connectivity index (χ3v) is 3.66. The van der Waals surface area contributed by atoms with Crippen LogP contribution >= 0.6 is 22.6 Å². The predicted molar refractivity (Wildman–Crippen MR) is 83.4 cm³/mol. The Labute approximate surface area is 125 Å². The minimum atomic E-state index is -0.106. The molecule has 0 fully saturated rings. The maximum Gasteiger partial charge on any atom is 0.272 e. The first-order chi connectivity index (χ1) is 9.22. The van der Waals surface area contributed by atoms with Gasteiger partial charge in [0, 0.05) is 23.4 Å². The van der Waals surface area contributed by atoms with Crippen molar-refractivity contribution in [2.24, 2.45) is 0 Å². The van der Waals surface area contributed by atoms with E-state index in [0.29, 0.717) is 18.8 Å². The van der Waals surface area contributed by atoms with Crippen LogP contribution in [0.15, 0.2) is 42.6 Å². The van der Waals surface area contributed by atoms with Crippen molar-refractivity contribution in [1.29, 1.82) is 0 Å². The highest BCUT2D eigenvalue weighted by Gasteiger charge is 2.11. The smallest absolute Gasteiger partial charge is 0.272 e. The summed E-state index contributed by atoms with van der Waals surface area (Å²) in [4.78, 5) is 12.2. The van der Waals surface area contributed by atoms with E-state index in [1.165, 1.54) is 0 Å². The molecule has 0 saturated carbocycles. The Bertz CT molecular complexity index is 566. The summed E-state index contributed by atoms with van der Waals surface area (Å²) < 4.78 is 7.93. The van der Waals surface area contributed by atoms with Gasteiger partial charge >= 0.3 is 0 Å². The van der Waals surface area contributed by atoms with Gasteiger partial charge in [-0.25, -0.2) is 0 Å². The van der Waals surface area contributed by atoms with Crippen LogP contribution in [0, 0.1) is 3.57 Å². The maximum absolute atomic E-state index is 12.2. The Kier molecular flexibility index (Phi) is 4.98. The van der Waals surface area contributed by atoms with Crippen LogP contribution in [0.2, 0.25) is 0 Å². The van der Waals surface area contributed by atoms with Crippen molar-refractivity contribution in [1.82, 2.24) is 4.57 Å². The molecule has 1 heterocycles. The molecule has 0 aliphatic rings. The second-order valence-electron chi connectivity index (χ2n) is 4.01. The zero-order chi connectivity index (χ0) is 13.7. The number of anilines is 1. The molecule has 0 aliphatic carbocycles. The number of para-hydroxylation sites is 1. The van der Waals surface area contributed by atoms with Crippen molar-refractivity contribution in [3.63, 3.8) is 0 Å². The number of hydrogen-bond donors (Lipinski definition) is 1. The van der Waals surface area contributed by atoms with E-state index in [2.05, 4.69) is 27.9 Å². The van der Waals surface area contributed by atoms with E-state index in [-0.39, 0.29) is 5.91 Å². The largest absolute Gasteiger partial charge is 0.383 e. The molecule has 0 spiro atoms. The minimum absolute atomic E-state index is 0.106. The van der Waals surface area contributed by atoms with Gasteiger partial charge in [0.15, 0.2) is 0 Å². The SMILES string of the molecule is COCCn1cccc1C(=O)Nc1ccccc1I. The van der Waals surface area contributed by atoms with E-state index < -0.39 is 0 Å². The molecule has 19 heavy (non-hydrogen) atoms. The van der Waals surface area contributed by atoms with Crippen molar-refractivity contribution in [3.05, 3.63) is 51.9 Å². The van der Waals surface area contributed by atoms with Crippen molar-refractivity contribution < 1.29 is 9.53 Å². The van der Waals surface area contributed by atoms with Crippen LogP contribution < -0.4 is 5.32 Å². The van der Waals surface area contributed by atoms with E-state index in [4.69, 9.17) is 4.74 Å². The maximum atomic E-state index is 12.2. The van der Waals surface area contributed by atoms with E-state index in [1.54, 1.807) is 13.2 Å². The van der Waals surface area contributed by atoms with Crippen molar-refractivity contribution >= 4 is 34.2 Å². The number of hydrogen-bond acceptors (Lipinski definition) is 2. The molecule has 4 nitrogen and oxygen atoms in total. The van der Waals surface area contributed by atoms with Gasteiger partial charge in [0.2, 0.25) is 0 Å². The topological polar surface area (TPSA) is 43.3 Å². The van der Waals surface area contributed by atoms with Crippen LogP contribution in [-0.2, 0) is 11.3 Å². The Hall–Kier alpha value is -1.34. The van der Waals surface area contributed by atoms with Gasteiger partial charge in [-0.05, 0) is 46.9 Å². The highest BCUT2D eigenvalue weighted by Crippen LogP contribution is 2.18. The fourth-order valence-corrected chi connectivity index (χ4v) is 2.28. The number of carbonyl (C=O) groups is 1. The second-order valence-corrected chi connectivity index (χ2v) is 5.18. The minimum Gasteiger partial charge on any atom is -0.383 e. The lowest BCUT2D eigenvalue weighted by atomic mass is 10.3. The summed E-state index contributed by atoms with van der Waals surface area (Å²) >= 11 is 2.20. The number of carbonyl (C=O) groups excluding carboxylic acids is 1. The molecule has 2 aromatic rings. The Morgan fingerprint density at radius 2 is 2.11 bits per heavy atom. The van der Waals surface area contributed by atoms with Gasteiger partial charge in [0.1, 0.15) is 5.69 Å². The molecule has 1 amide bonds. The first-order valence-corrected chi connectivity index (χ1v) is 7.00. The van der Waals surface area contributed by atoms with Crippen molar-refractivity contribution in [3.8, 4) is 0 Å². The van der Waals surface area contributed by atoms with E-state index in [9.17, 15) is 4.79 Å². The van der Waals surface area contributed by atoms with Gasteiger partial charge in [-0.1, -0.05) is 12.1 Å². The molecule has 2 rings (SSSR count). The number of ether oxygens (including phenoxy) is 1. The lowest BCUT2D eigenvalue weighted by molar-refractivity contribution is 0.101. The highest BCUT2D eigenvalue weighted by atomic mass is 127. The molecular weight excluding hydrogens is 355 g/mol. The first-order valence-electron chi connectivity index (χ1n) is 5.92. The lowest BCUT2D eigenvalue weighted by Gasteiger charge is -2.10. The fourth-order valence-electron chi connectivity index (χ4n) is 1.75. The zero-order valence-electron chi connectivity index (χ0n) is 10.6. The van der Waals surface area contributed by atoms with E-state index >= 15 is 0 Å². The molecule has 5 heteroatoms. The molecule has 1 N–H and O–H groups in total. The molecule has 0 unspecified atom stereocenters. The molecule has 1 aromatic carbocycles. The predicted octanol–water partition coefficient (Wildman–Crippen LogP) is 2.99. The number of methoxy groups -OCH3 is 1. The van der Waals surface area contributed by atoms with Crippen molar-refractivity contribution in [2.45, 2.75) is 6.54 Å². The molecule has 1 aromatic heterocycles. The summed E-state index contributed by atoms with van der Waals surface area (Å²) in [6.45, 7) is 1.25. The fraction of sp³-hybridized carbons (Fsp3) is 0.214. The number of rotatable bonds is 5. The third-order valence-electron chi connectivity index (χ3n) is 2.72. The van der Waals surface area contributed by atoms with Crippen LogP contribution in [0.3, 0.4) is 0 Å². The van der Waals surface area contributed by atoms with Gasteiger partial charge < -0.3 is 14.6 Å². The zero-order valence-corrected chi connectivity index (χ0v) is 12.8. The first kappa shape index (κ1) is 14.1. The molecule has 0 saturated heterocycles. The molecule has 0 bridgehead atoms. The van der Waals surface area contributed by atoms with Crippen LogP contribution in [0.1, 0.15) is 10.5 Å². The molecule has 0 atom stereocenters. The number of benzene rings is 1. The molecule has 100 valence electrons. The van der Waals surface area contributed by atoms with Crippen LogP contribution in [0.5, 0.6) is 0 Å². The molecule has 0 aliphatic heterocycles. The third kappa shape index (κ3) is 3.57.